The molecule has 1 saturated heterocycles. The van der Waals surface area contributed by atoms with Gasteiger partial charge in [0.2, 0.25) is 5.91 Å². The Bertz CT molecular complexity index is 756. The Morgan fingerprint density at radius 2 is 1.85 bits per heavy atom. The number of hydrogen-bond acceptors (Lipinski definition) is 5. The number of aryl methyl sites for hydroxylation is 2. The molecule has 1 aromatic heterocycles. The van der Waals surface area contributed by atoms with Crippen LogP contribution < -0.4 is 10.2 Å². The number of amides is 1. The molecule has 0 spiro atoms. The normalized spacial score (nSPS) is 16.2. The molecule has 6 nitrogen and oxygen atoms in total. The fourth-order valence-electron chi connectivity index (χ4n) is 3.38. The first-order chi connectivity index (χ1) is 13.0. The van der Waals surface area contributed by atoms with E-state index in [-0.39, 0.29) is 11.9 Å². The zero-order chi connectivity index (χ0) is 19.2. The van der Waals surface area contributed by atoms with Crippen LogP contribution in [0.4, 0.5) is 5.82 Å². The van der Waals surface area contributed by atoms with E-state index < -0.39 is 0 Å². The van der Waals surface area contributed by atoms with E-state index in [4.69, 9.17) is 0 Å². The fraction of sp³-hybridized carbons (Fsp3) is 0.476. The van der Waals surface area contributed by atoms with E-state index in [1.54, 1.807) is 0 Å². The summed E-state index contributed by atoms with van der Waals surface area (Å²) < 4.78 is 0. The minimum absolute atomic E-state index is 0.0245. The molecule has 6 heteroatoms. The van der Waals surface area contributed by atoms with Gasteiger partial charge in [0.25, 0.3) is 0 Å². The second kappa shape index (κ2) is 8.95. The highest BCUT2D eigenvalue weighted by Gasteiger charge is 2.21. The predicted molar refractivity (Wildman–Crippen MR) is 108 cm³/mol. The standard InChI is InChI=1S/C21H29N5O/c1-4-19-22-16(2)14-20(24-19)26-12-10-25(11-13-26)15-21(27)23-17(3)18-8-6-5-7-9-18/h5-9,14,17H,4,10-13,15H2,1-3H3,(H,23,27). The van der Waals surface area contributed by atoms with Crippen LogP contribution in [0.5, 0.6) is 0 Å². The molecule has 0 bridgehead atoms. The van der Waals surface area contributed by atoms with Crippen molar-refractivity contribution in [3.8, 4) is 0 Å². The van der Waals surface area contributed by atoms with Crippen LogP contribution in [0.1, 0.15) is 37.0 Å². The number of anilines is 1. The molecule has 1 aliphatic heterocycles. The third-order valence-electron chi connectivity index (χ3n) is 4.94. The highest BCUT2D eigenvalue weighted by Crippen LogP contribution is 2.16. The summed E-state index contributed by atoms with van der Waals surface area (Å²) in [5.74, 6) is 1.97. The average Bonchev–Trinajstić information content (AvgIpc) is 2.68. The van der Waals surface area contributed by atoms with Gasteiger partial charge in [0, 0.05) is 44.4 Å². The summed E-state index contributed by atoms with van der Waals surface area (Å²) in [6.45, 7) is 10.0. The maximum atomic E-state index is 12.4. The Kier molecular flexibility index (Phi) is 6.40. The monoisotopic (exact) mass is 367 g/mol. The lowest BCUT2D eigenvalue weighted by Gasteiger charge is -2.35. The van der Waals surface area contributed by atoms with E-state index in [2.05, 4.69) is 32.0 Å². The number of rotatable bonds is 6. The predicted octanol–water partition coefficient (Wildman–Crippen LogP) is 2.35. The molecule has 1 fully saturated rings. The quantitative estimate of drug-likeness (QED) is 0.849. The molecule has 1 N–H and O–H groups in total. The van der Waals surface area contributed by atoms with Gasteiger partial charge in [-0.05, 0) is 19.4 Å². The van der Waals surface area contributed by atoms with Crippen molar-refractivity contribution in [1.29, 1.82) is 0 Å². The average molecular weight is 367 g/mol. The summed E-state index contributed by atoms with van der Waals surface area (Å²) in [7, 11) is 0. The smallest absolute Gasteiger partial charge is 0.234 e. The first-order valence-corrected chi connectivity index (χ1v) is 9.71. The summed E-state index contributed by atoms with van der Waals surface area (Å²) in [6.07, 6.45) is 0.842. The van der Waals surface area contributed by atoms with Crippen LogP contribution in [0.25, 0.3) is 0 Å². The van der Waals surface area contributed by atoms with Crippen molar-refractivity contribution in [3.63, 3.8) is 0 Å². The van der Waals surface area contributed by atoms with Gasteiger partial charge in [-0.3, -0.25) is 9.69 Å². The number of benzene rings is 1. The van der Waals surface area contributed by atoms with E-state index in [0.717, 1.165) is 55.5 Å². The van der Waals surface area contributed by atoms with Crippen LogP contribution in [-0.2, 0) is 11.2 Å². The van der Waals surface area contributed by atoms with Crippen molar-refractivity contribution in [1.82, 2.24) is 20.2 Å². The van der Waals surface area contributed by atoms with Gasteiger partial charge < -0.3 is 10.2 Å². The lowest BCUT2D eigenvalue weighted by atomic mass is 10.1. The van der Waals surface area contributed by atoms with Crippen LogP contribution in [0.2, 0.25) is 0 Å². The molecule has 0 aliphatic carbocycles. The molecule has 2 heterocycles. The van der Waals surface area contributed by atoms with Gasteiger partial charge in [-0.2, -0.15) is 0 Å². The molecule has 1 aromatic carbocycles. The number of carbonyl (C=O) groups is 1. The van der Waals surface area contributed by atoms with E-state index >= 15 is 0 Å². The van der Waals surface area contributed by atoms with Crippen molar-refractivity contribution in [2.24, 2.45) is 0 Å². The highest BCUT2D eigenvalue weighted by atomic mass is 16.2. The van der Waals surface area contributed by atoms with E-state index in [0.29, 0.717) is 6.54 Å². The van der Waals surface area contributed by atoms with Crippen LogP contribution >= 0.6 is 0 Å². The summed E-state index contributed by atoms with van der Waals surface area (Å²) in [5, 5.41) is 3.09. The molecule has 3 rings (SSSR count). The van der Waals surface area contributed by atoms with Gasteiger partial charge in [-0.1, -0.05) is 37.3 Å². The Hall–Kier alpha value is -2.47. The van der Waals surface area contributed by atoms with Crippen molar-refractivity contribution in [2.45, 2.75) is 33.2 Å². The topological polar surface area (TPSA) is 61.4 Å². The highest BCUT2D eigenvalue weighted by molar-refractivity contribution is 5.78. The first kappa shape index (κ1) is 19.3. The molecule has 0 saturated carbocycles. The molecule has 2 aromatic rings. The van der Waals surface area contributed by atoms with Gasteiger partial charge in [0.15, 0.2) is 0 Å². The minimum Gasteiger partial charge on any atom is -0.354 e. The van der Waals surface area contributed by atoms with Crippen LogP contribution in [-0.4, -0.2) is 53.5 Å². The molecule has 1 aliphatic rings. The van der Waals surface area contributed by atoms with Crippen molar-refractivity contribution < 1.29 is 4.79 Å². The molecule has 1 amide bonds. The molecule has 144 valence electrons. The lowest BCUT2D eigenvalue weighted by molar-refractivity contribution is -0.123. The third-order valence-corrected chi connectivity index (χ3v) is 4.94. The number of aromatic nitrogens is 2. The van der Waals surface area contributed by atoms with Crippen molar-refractivity contribution >= 4 is 11.7 Å². The zero-order valence-corrected chi connectivity index (χ0v) is 16.5. The molecule has 27 heavy (non-hydrogen) atoms. The van der Waals surface area contributed by atoms with Gasteiger partial charge in [0.1, 0.15) is 11.6 Å². The van der Waals surface area contributed by atoms with Gasteiger partial charge in [-0.15, -0.1) is 0 Å². The molecule has 1 unspecified atom stereocenters. The molecule has 1 atom stereocenters. The second-order valence-corrected chi connectivity index (χ2v) is 7.10. The SMILES string of the molecule is CCc1nc(C)cc(N2CCN(CC(=O)NC(C)c3ccccc3)CC2)n1. The Morgan fingerprint density at radius 1 is 1.15 bits per heavy atom. The maximum absolute atomic E-state index is 12.4. The number of hydrogen-bond donors (Lipinski definition) is 1. The van der Waals surface area contributed by atoms with Gasteiger partial charge in [-0.25, -0.2) is 9.97 Å². The third kappa shape index (κ3) is 5.26. The van der Waals surface area contributed by atoms with Crippen molar-refractivity contribution in [3.05, 3.63) is 53.5 Å². The second-order valence-electron chi connectivity index (χ2n) is 7.10. The number of nitrogens with one attached hydrogen (secondary N) is 1. The number of carbonyl (C=O) groups excluding carboxylic acids is 1. The van der Waals surface area contributed by atoms with Crippen LogP contribution in [0.15, 0.2) is 36.4 Å². The molecular formula is C21H29N5O. The fourth-order valence-corrected chi connectivity index (χ4v) is 3.38. The summed E-state index contributed by atoms with van der Waals surface area (Å²) in [6, 6.07) is 12.1. The van der Waals surface area contributed by atoms with Gasteiger partial charge >= 0.3 is 0 Å². The van der Waals surface area contributed by atoms with Crippen LogP contribution in [0, 0.1) is 6.92 Å². The van der Waals surface area contributed by atoms with E-state index in [9.17, 15) is 4.79 Å². The number of piperazine rings is 1. The van der Waals surface area contributed by atoms with Crippen molar-refractivity contribution in [2.75, 3.05) is 37.6 Å². The van der Waals surface area contributed by atoms with Crippen LogP contribution in [0.3, 0.4) is 0 Å². The Balaban J connectivity index is 1.49. The summed E-state index contributed by atoms with van der Waals surface area (Å²) in [5.41, 5.74) is 2.13. The zero-order valence-electron chi connectivity index (χ0n) is 16.5. The van der Waals surface area contributed by atoms with Gasteiger partial charge in [0.05, 0.1) is 12.6 Å². The van der Waals surface area contributed by atoms with E-state index in [1.807, 2.05) is 50.2 Å². The molecular weight excluding hydrogens is 338 g/mol. The Morgan fingerprint density at radius 3 is 2.52 bits per heavy atom. The maximum Gasteiger partial charge on any atom is 0.234 e. The summed E-state index contributed by atoms with van der Waals surface area (Å²) in [4.78, 5) is 26.0. The summed E-state index contributed by atoms with van der Waals surface area (Å²) >= 11 is 0. The molecule has 0 radical (unpaired) electrons. The van der Waals surface area contributed by atoms with E-state index in [1.165, 1.54) is 0 Å². The first-order valence-electron chi connectivity index (χ1n) is 9.71. The minimum atomic E-state index is 0.0245. The Labute approximate surface area is 161 Å². The lowest BCUT2D eigenvalue weighted by Crippen LogP contribution is -2.50. The largest absolute Gasteiger partial charge is 0.354 e. The number of nitrogens with zero attached hydrogens (tertiary/aromatic N) is 4.